The standard InChI is InChI=1S/C14H21NO2S2/c1-11(10-18-3)14(16)15(2)9-12-5-7-13(8-6-12)19(4)17/h5-8,11H,9-10H2,1-4H3/t11-,19+/m0/s1. The van der Waals surface area contributed by atoms with Crippen molar-refractivity contribution in [3.05, 3.63) is 29.8 Å². The zero-order valence-corrected chi connectivity index (χ0v) is 13.5. The van der Waals surface area contributed by atoms with Gasteiger partial charge < -0.3 is 4.90 Å². The van der Waals surface area contributed by atoms with Gasteiger partial charge in [-0.3, -0.25) is 9.00 Å². The Kier molecular flexibility index (Phi) is 6.58. The van der Waals surface area contributed by atoms with Crippen molar-refractivity contribution >= 4 is 28.5 Å². The smallest absolute Gasteiger partial charge is 0.226 e. The van der Waals surface area contributed by atoms with Crippen LogP contribution in [0, 0.1) is 5.92 Å². The van der Waals surface area contributed by atoms with Crippen molar-refractivity contribution < 1.29 is 9.00 Å². The summed E-state index contributed by atoms with van der Waals surface area (Å²) in [7, 11) is 0.872. The number of thioether (sulfide) groups is 1. The molecule has 0 aliphatic carbocycles. The monoisotopic (exact) mass is 299 g/mol. The van der Waals surface area contributed by atoms with Crippen molar-refractivity contribution in [2.24, 2.45) is 5.92 Å². The lowest BCUT2D eigenvalue weighted by Gasteiger charge is -2.21. The van der Waals surface area contributed by atoms with E-state index in [2.05, 4.69) is 0 Å². The maximum Gasteiger partial charge on any atom is 0.226 e. The van der Waals surface area contributed by atoms with E-state index in [1.165, 1.54) is 0 Å². The Morgan fingerprint density at radius 3 is 2.42 bits per heavy atom. The van der Waals surface area contributed by atoms with Gasteiger partial charge in [0.05, 0.1) is 0 Å². The quantitative estimate of drug-likeness (QED) is 0.809. The molecule has 5 heteroatoms. The minimum Gasteiger partial charge on any atom is -0.341 e. The molecular weight excluding hydrogens is 278 g/mol. The van der Waals surface area contributed by atoms with Gasteiger partial charge in [-0.25, -0.2) is 0 Å². The summed E-state index contributed by atoms with van der Waals surface area (Å²) in [5.74, 6) is 1.05. The Balaban J connectivity index is 2.63. The summed E-state index contributed by atoms with van der Waals surface area (Å²) in [5, 5.41) is 0. The van der Waals surface area contributed by atoms with Crippen molar-refractivity contribution in [2.75, 3.05) is 25.3 Å². The van der Waals surface area contributed by atoms with Gasteiger partial charge in [-0.05, 0) is 24.0 Å². The molecule has 2 atom stereocenters. The van der Waals surface area contributed by atoms with E-state index in [0.717, 1.165) is 16.2 Å². The Hall–Kier alpha value is -0.810. The third kappa shape index (κ3) is 4.99. The molecule has 1 amide bonds. The highest BCUT2D eigenvalue weighted by molar-refractivity contribution is 7.98. The summed E-state index contributed by atoms with van der Waals surface area (Å²) >= 11 is 1.69. The van der Waals surface area contributed by atoms with Crippen molar-refractivity contribution in [1.82, 2.24) is 4.90 Å². The average Bonchev–Trinajstić information content (AvgIpc) is 2.38. The number of carbonyl (C=O) groups excluding carboxylic acids is 1. The first-order valence-electron chi connectivity index (χ1n) is 6.12. The first-order chi connectivity index (χ1) is 8.95. The fourth-order valence-corrected chi connectivity index (χ4v) is 3.00. The van der Waals surface area contributed by atoms with Crippen LogP contribution in [0.15, 0.2) is 29.2 Å². The summed E-state index contributed by atoms with van der Waals surface area (Å²) < 4.78 is 11.3. The van der Waals surface area contributed by atoms with Gasteiger partial charge >= 0.3 is 0 Å². The van der Waals surface area contributed by atoms with Gasteiger partial charge in [0, 0.05) is 47.2 Å². The Morgan fingerprint density at radius 1 is 1.37 bits per heavy atom. The fraction of sp³-hybridized carbons (Fsp3) is 0.500. The van der Waals surface area contributed by atoms with Crippen LogP contribution in [0.2, 0.25) is 0 Å². The Morgan fingerprint density at radius 2 is 1.95 bits per heavy atom. The lowest BCUT2D eigenvalue weighted by atomic mass is 10.1. The molecule has 0 saturated carbocycles. The minimum absolute atomic E-state index is 0.0439. The maximum atomic E-state index is 12.1. The average molecular weight is 299 g/mol. The van der Waals surface area contributed by atoms with E-state index in [1.807, 2.05) is 44.5 Å². The van der Waals surface area contributed by atoms with Crippen LogP contribution in [-0.4, -0.2) is 40.3 Å². The Bertz CT molecular complexity index is 445. The first-order valence-corrected chi connectivity index (χ1v) is 9.07. The van der Waals surface area contributed by atoms with E-state index in [9.17, 15) is 9.00 Å². The molecule has 0 aliphatic heterocycles. The number of carbonyl (C=O) groups is 1. The Labute approximate surface area is 122 Å². The summed E-state index contributed by atoms with van der Waals surface area (Å²) in [6, 6.07) is 7.57. The molecule has 1 rings (SSSR count). The van der Waals surface area contributed by atoms with E-state index >= 15 is 0 Å². The molecule has 0 heterocycles. The topological polar surface area (TPSA) is 37.4 Å². The summed E-state index contributed by atoms with van der Waals surface area (Å²) in [5.41, 5.74) is 1.06. The lowest BCUT2D eigenvalue weighted by Crippen LogP contribution is -2.32. The van der Waals surface area contributed by atoms with Gasteiger partial charge in [0.25, 0.3) is 0 Å². The number of rotatable bonds is 6. The molecule has 19 heavy (non-hydrogen) atoms. The van der Waals surface area contributed by atoms with Crippen LogP contribution in [0.25, 0.3) is 0 Å². The second-order valence-electron chi connectivity index (χ2n) is 4.65. The van der Waals surface area contributed by atoms with Gasteiger partial charge in [-0.2, -0.15) is 11.8 Å². The van der Waals surface area contributed by atoms with Gasteiger partial charge in [-0.15, -0.1) is 0 Å². The van der Waals surface area contributed by atoms with E-state index in [0.29, 0.717) is 6.54 Å². The zero-order chi connectivity index (χ0) is 14.4. The maximum absolute atomic E-state index is 12.1. The predicted octanol–water partition coefficient (Wildman–Crippen LogP) is 2.38. The van der Waals surface area contributed by atoms with Crippen LogP contribution >= 0.6 is 11.8 Å². The molecule has 3 nitrogen and oxygen atoms in total. The second kappa shape index (κ2) is 7.70. The van der Waals surface area contributed by atoms with Crippen LogP contribution in [0.5, 0.6) is 0 Å². The SMILES string of the molecule is CSC[C@H](C)C(=O)N(C)Cc1ccc([S@@](C)=O)cc1. The molecule has 0 aromatic heterocycles. The van der Waals surface area contributed by atoms with Crippen LogP contribution in [-0.2, 0) is 22.1 Å². The van der Waals surface area contributed by atoms with Crippen LogP contribution in [0.4, 0.5) is 0 Å². The number of nitrogens with zero attached hydrogens (tertiary/aromatic N) is 1. The van der Waals surface area contributed by atoms with Crippen molar-refractivity contribution in [1.29, 1.82) is 0 Å². The number of hydrogen-bond acceptors (Lipinski definition) is 3. The van der Waals surface area contributed by atoms with E-state index in [1.54, 1.807) is 22.9 Å². The highest BCUT2D eigenvalue weighted by Gasteiger charge is 2.16. The minimum atomic E-state index is -0.952. The summed E-state index contributed by atoms with van der Waals surface area (Å²) in [6.45, 7) is 2.55. The van der Waals surface area contributed by atoms with E-state index < -0.39 is 10.8 Å². The summed E-state index contributed by atoms with van der Waals surface area (Å²) in [6.07, 6.45) is 3.67. The first kappa shape index (κ1) is 16.2. The van der Waals surface area contributed by atoms with Crippen LogP contribution in [0.1, 0.15) is 12.5 Å². The van der Waals surface area contributed by atoms with E-state index in [4.69, 9.17) is 0 Å². The molecule has 0 radical (unpaired) electrons. The number of amides is 1. The van der Waals surface area contributed by atoms with Gasteiger partial charge in [-0.1, -0.05) is 19.1 Å². The molecule has 0 aliphatic rings. The molecule has 106 valence electrons. The van der Waals surface area contributed by atoms with Crippen LogP contribution < -0.4 is 0 Å². The number of benzene rings is 1. The summed E-state index contributed by atoms with van der Waals surface area (Å²) in [4.78, 5) is 14.6. The van der Waals surface area contributed by atoms with Gasteiger partial charge in [0.2, 0.25) is 5.91 Å². The lowest BCUT2D eigenvalue weighted by molar-refractivity contribution is -0.133. The van der Waals surface area contributed by atoms with Crippen molar-refractivity contribution in [3.8, 4) is 0 Å². The van der Waals surface area contributed by atoms with Gasteiger partial charge in [0.1, 0.15) is 0 Å². The molecule has 0 fully saturated rings. The number of hydrogen-bond donors (Lipinski definition) is 0. The highest BCUT2D eigenvalue weighted by Crippen LogP contribution is 2.12. The molecule has 0 unspecified atom stereocenters. The molecule has 0 saturated heterocycles. The van der Waals surface area contributed by atoms with Crippen molar-refractivity contribution in [3.63, 3.8) is 0 Å². The van der Waals surface area contributed by atoms with Crippen LogP contribution in [0.3, 0.4) is 0 Å². The molecule has 0 spiro atoms. The molecule has 0 N–H and O–H groups in total. The highest BCUT2D eigenvalue weighted by atomic mass is 32.2. The third-order valence-corrected chi connectivity index (χ3v) is 4.66. The van der Waals surface area contributed by atoms with Crippen molar-refractivity contribution in [2.45, 2.75) is 18.4 Å². The predicted molar refractivity (Wildman–Crippen MR) is 82.8 cm³/mol. The molecule has 0 bridgehead atoms. The molecule has 1 aromatic carbocycles. The normalized spacial score (nSPS) is 13.9. The third-order valence-electron chi connectivity index (χ3n) is 2.89. The fourth-order valence-electron chi connectivity index (χ4n) is 1.84. The van der Waals surface area contributed by atoms with Gasteiger partial charge in [0.15, 0.2) is 0 Å². The zero-order valence-electron chi connectivity index (χ0n) is 11.9. The molecule has 1 aromatic rings. The second-order valence-corrected chi connectivity index (χ2v) is 6.94. The largest absolute Gasteiger partial charge is 0.341 e. The van der Waals surface area contributed by atoms with E-state index in [-0.39, 0.29) is 11.8 Å². The molecular formula is C14H21NO2S2.